The van der Waals surface area contributed by atoms with Crippen molar-refractivity contribution < 1.29 is 17.9 Å². The Balaban J connectivity index is 1.53. The Hall–Kier alpha value is -3.40. The Morgan fingerprint density at radius 2 is 1.94 bits per heavy atom. The van der Waals surface area contributed by atoms with Crippen LogP contribution in [0.25, 0.3) is 0 Å². The van der Waals surface area contributed by atoms with Gasteiger partial charge in [0.05, 0.1) is 23.7 Å². The number of rotatable bonds is 8. The fourth-order valence-corrected chi connectivity index (χ4v) is 5.04. The van der Waals surface area contributed by atoms with Gasteiger partial charge in [0.1, 0.15) is 11.6 Å². The van der Waals surface area contributed by atoms with Crippen molar-refractivity contribution in [2.45, 2.75) is 44.7 Å². The van der Waals surface area contributed by atoms with Crippen molar-refractivity contribution in [1.82, 2.24) is 20.1 Å². The van der Waals surface area contributed by atoms with E-state index in [1.807, 2.05) is 11.5 Å². The number of anilines is 1. The summed E-state index contributed by atoms with van der Waals surface area (Å²) < 4.78 is 35.1. The molecule has 3 aromatic rings. The molecule has 1 N–H and O–H groups in total. The number of aryl methyl sites for hydroxylation is 2. The fraction of sp³-hybridized carbons (Fsp3) is 0.348. The van der Waals surface area contributed by atoms with Crippen LogP contribution in [0.2, 0.25) is 0 Å². The highest BCUT2D eigenvalue weighted by Crippen LogP contribution is 2.26. The van der Waals surface area contributed by atoms with Crippen molar-refractivity contribution >= 4 is 21.6 Å². The van der Waals surface area contributed by atoms with Gasteiger partial charge >= 0.3 is 0 Å². The summed E-state index contributed by atoms with van der Waals surface area (Å²) in [7, 11) is -2.39. The van der Waals surface area contributed by atoms with E-state index in [1.165, 1.54) is 23.5 Å². The smallest absolute Gasteiger partial charge is 0.264 e. The Bertz CT molecular complexity index is 1270. The lowest BCUT2D eigenvalue weighted by molar-refractivity contribution is 0.0948. The molecule has 0 aliphatic carbocycles. The second kappa shape index (κ2) is 9.22. The van der Waals surface area contributed by atoms with Gasteiger partial charge in [-0.2, -0.15) is 0 Å². The van der Waals surface area contributed by atoms with Gasteiger partial charge in [-0.1, -0.05) is 6.07 Å². The first-order valence-corrected chi connectivity index (χ1v) is 12.3. The number of hydrogen-bond donors (Lipinski definition) is 1. The van der Waals surface area contributed by atoms with Crippen LogP contribution in [0.15, 0.2) is 47.4 Å². The first kappa shape index (κ1) is 22.8. The van der Waals surface area contributed by atoms with Gasteiger partial charge < -0.3 is 14.6 Å². The lowest BCUT2D eigenvalue weighted by Gasteiger charge is -2.20. The minimum atomic E-state index is -3.87. The predicted octanol–water partition coefficient (Wildman–Crippen LogP) is 2.69. The number of carbonyl (C=O) groups is 1. The van der Waals surface area contributed by atoms with Crippen molar-refractivity contribution in [3.8, 4) is 5.75 Å². The van der Waals surface area contributed by atoms with E-state index in [9.17, 15) is 13.2 Å². The van der Waals surface area contributed by atoms with E-state index < -0.39 is 10.0 Å². The first-order chi connectivity index (χ1) is 15.8. The Kier molecular flexibility index (Phi) is 6.37. The molecular formula is C23H27N5O4S. The van der Waals surface area contributed by atoms with Crippen molar-refractivity contribution in [2.75, 3.05) is 18.0 Å². The summed E-state index contributed by atoms with van der Waals surface area (Å²) in [6.07, 6.45) is 1.91. The van der Waals surface area contributed by atoms with Crippen LogP contribution in [-0.4, -0.2) is 42.7 Å². The maximum Gasteiger partial charge on any atom is 0.264 e. The molecule has 10 heteroatoms. The van der Waals surface area contributed by atoms with Crippen molar-refractivity contribution in [3.63, 3.8) is 0 Å². The molecule has 1 aliphatic heterocycles. The summed E-state index contributed by atoms with van der Waals surface area (Å²) in [5.74, 6) is 1.94. The van der Waals surface area contributed by atoms with Crippen LogP contribution in [-0.2, 0) is 29.5 Å². The molecule has 4 rings (SSSR count). The van der Waals surface area contributed by atoms with Gasteiger partial charge in [-0.3, -0.25) is 9.10 Å². The quantitative estimate of drug-likeness (QED) is 0.544. The lowest BCUT2D eigenvalue weighted by Crippen LogP contribution is -2.28. The Morgan fingerprint density at radius 3 is 2.67 bits per heavy atom. The topological polar surface area (TPSA) is 106 Å². The molecule has 0 bridgehead atoms. The zero-order valence-corrected chi connectivity index (χ0v) is 19.7. The number of sulfonamides is 1. The van der Waals surface area contributed by atoms with Crippen LogP contribution in [0.5, 0.6) is 5.75 Å². The molecule has 1 aromatic heterocycles. The molecule has 2 heterocycles. The maximum absolute atomic E-state index is 13.2. The van der Waals surface area contributed by atoms with E-state index in [0.29, 0.717) is 35.0 Å². The third-order valence-electron chi connectivity index (χ3n) is 5.72. The predicted molar refractivity (Wildman–Crippen MR) is 124 cm³/mol. The largest absolute Gasteiger partial charge is 0.494 e. The number of amides is 1. The van der Waals surface area contributed by atoms with Gasteiger partial charge in [0.25, 0.3) is 15.9 Å². The highest BCUT2D eigenvalue weighted by molar-refractivity contribution is 7.92. The van der Waals surface area contributed by atoms with Gasteiger partial charge in [-0.05, 0) is 62.2 Å². The molecule has 0 saturated heterocycles. The van der Waals surface area contributed by atoms with Crippen LogP contribution in [0.4, 0.5) is 5.69 Å². The highest BCUT2D eigenvalue weighted by Gasteiger charge is 2.24. The molecule has 2 aromatic carbocycles. The maximum atomic E-state index is 13.2. The summed E-state index contributed by atoms with van der Waals surface area (Å²) in [5.41, 5.74) is 1.48. The number of nitrogens with zero attached hydrogens (tertiary/aromatic N) is 4. The zero-order chi connectivity index (χ0) is 23.6. The molecule has 0 radical (unpaired) electrons. The van der Waals surface area contributed by atoms with Crippen molar-refractivity contribution in [1.29, 1.82) is 0 Å². The molecule has 9 nitrogen and oxygen atoms in total. The zero-order valence-electron chi connectivity index (χ0n) is 18.9. The number of hydrogen-bond acceptors (Lipinski definition) is 6. The standard InChI is InChI=1S/C23H27N5O4S/c1-4-32-18-10-8-17(9-11-18)27(3)33(30,31)19-12-7-16(2)20(14-19)23(29)24-15-22-26-25-21-6-5-13-28(21)22/h7-12,14H,4-6,13,15H2,1-3H3,(H,24,29). The number of fused-ring (bicyclic) bond motifs is 1. The third-order valence-corrected chi connectivity index (χ3v) is 7.50. The van der Waals surface area contributed by atoms with Gasteiger partial charge in [-0.25, -0.2) is 8.42 Å². The number of aromatic nitrogens is 3. The molecule has 0 spiro atoms. The van der Waals surface area contributed by atoms with E-state index in [4.69, 9.17) is 4.74 Å². The van der Waals surface area contributed by atoms with Crippen LogP contribution < -0.4 is 14.4 Å². The minimum absolute atomic E-state index is 0.0398. The summed E-state index contributed by atoms with van der Waals surface area (Å²) >= 11 is 0. The number of nitrogens with one attached hydrogen (secondary N) is 1. The first-order valence-electron chi connectivity index (χ1n) is 10.8. The summed E-state index contributed by atoms with van der Waals surface area (Å²) in [6, 6.07) is 11.4. The summed E-state index contributed by atoms with van der Waals surface area (Å²) in [6.45, 7) is 5.26. The van der Waals surface area contributed by atoms with E-state index in [0.717, 1.165) is 25.2 Å². The van der Waals surface area contributed by atoms with Gasteiger partial charge in [-0.15, -0.1) is 10.2 Å². The monoisotopic (exact) mass is 469 g/mol. The molecule has 0 saturated carbocycles. The Labute approximate surface area is 193 Å². The van der Waals surface area contributed by atoms with Gasteiger partial charge in [0, 0.05) is 25.6 Å². The normalized spacial score (nSPS) is 12.9. The second-order valence-electron chi connectivity index (χ2n) is 7.85. The second-order valence-corrected chi connectivity index (χ2v) is 9.82. The molecule has 0 atom stereocenters. The molecule has 1 aliphatic rings. The molecule has 174 valence electrons. The van der Waals surface area contributed by atoms with Crippen molar-refractivity contribution in [2.24, 2.45) is 0 Å². The van der Waals surface area contributed by atoms with Gasteiger partial charge in [0.15, 0.2) is 5.82 Å². The van der Waals surface area contributed by atoms with E-state index in [-0.39, 0.29) is 17.3 Å². The van der Waals surface area contributed by atoms with E-state index in [2.05, 4.69) is 15.5 Å². The number of ether oxygens (including phenoxy) is 1. The summed E-state index contributed by atoms with van der Waals surface area (Å²) in [5, 5.41) is 11.1. The molecular weight excluding hydrogens is 442 g/mol. The molecule has 0 fully saturated rings. The third kappa shape index (κ3) is 4.56. The van der Waals surface area contributed by atoms with Crippen LogP contribution in [0.3, 0.4) is 0 Å². The Morgan fingerprint density at radius 1 is 1.18 bits per heavy atom. The fourth-order valence-electron chi connectivity index (χ4n) is 3.82. The molecule has 1 amide bonds. The lowest BCUT2D eigenvalue weighted by atomic mass is 10.1. The number of carbonyl (C=O) groups excluding carboxylic acids is 1. The van der Waals surface area contributed by atoms with E-state index >= 15 is 0 Å². The highest BCUT2D eigenvalue weighted by atomic mass is 32.2. The van der Waals surface area contributed by atoms with Crippen molar-refractivity contribution in [3.05, 3.63) is 65.2 Å². The average molecular weight is 470 g/mol. The molecule has 33 heavy (non-hydrogen) atoms. The number of benzene rings is 2. The molecule has 0 unspecified atom stereocenters. The minimum Gasteiger partial charge on any atom is -0.494 e. The SMILES string of the molecule is CCOc1ccc(N(C)S(=O)(=O)c2ccc(C)c(C(=O)NCc3nnc4n3CCC4)c2)cc1. The van der Waals surface area contributed by atoms with Crippen LogP contribution in [0.1, 0.15) is 40.9 Å². The average Bonchev–Trinajstić information content (AvgIpc) is 3.42. The van der Waals surface area contributed by atoms with Crippen LogP contribution >= 0.6 is 0 Å². The van der Waals surface area contributed by atoms with Crippen LogP contribution in [0, 0.1) is 6.92 Å². The van der Waals surface area contributed by atoms with Gasteiger partial charge in [0.2, 0.25) is 0 Å². The summed E-state index contributed by atoms with van der Waals surface area (Å²) in [4.78, 5) is 12.9. The van der Waals surface area contributed by atoms with E-state index in [1.54, 1.807) is 37.3 Å².